The van der Waals surface area contributed by atoms with Crippen molar-refractivity contribution in [2.45, 2.75) is 26.4 Å². The van der Waals surface area contributed by atoms with Gasteiger partial charge in [0.05, 0.1) is 11.8 Å². The molecule has 0 saturated heterocycles. The minimum Gasteiger partial charge on any atom is -0.489 e. The lowest BCUT2D eigenvalue weighted by Gasteiger charge is -2.15. The first-order valence-electron chi connectivity index (χ1n) is 7.08. The van der Waals surface area contributed by atoms with Gasteiger partial charge in [0.15, 0.2) is 0 Å². The second-order valence-electron chi connectivity index (χ2n) is 5.02. The molecule has 0 unspecified atom stereocenters. The van der Waals surface area contributed by atoms with Crippen LogP contribution in [-0.2, 0) is 6.42 Å². The van der Waals surface area contributed by atoms with Crippen LogP contribution in [0.4, 0.5) is 14.9 Å². The van der Waals surface area contributed by atoms with Gasteiger partial charge < -0.3 is 15.4 Å². The summed E-state index contributed by atoms with van der Waals surface area (Å²) in [6.07, 6.45) is 0.705. The number of hydrogen-bond donors (Lipinski definition) is 2. The standard InChI is InChI=1S/C16H19FN2O2S/c1-11(2)21-15-6-5-12(17)10-14(15)19-16(20)18-8-7-13-4-3-9-22-13/h3-6,9-11H,7-8H2,1-2H3,(H2,18,19,20). The largest absolute Gasteiger partial charge is 0.489 e. The van der Waals surface area contributed by atoms with E-state index in [0.29, 0.717) is 18.0 Å². The Kier molecular flexibility index (Phi) is 5.77. The second-order valence-corrected chi connectivity index (χ2v) is 6.05. The average Bonchev–Trinajstić information content (AvgIpc) is 2.94. The molecule has 0 fully saturated rings. The molecule has 2 rings (SSSR count). The van der Waals surface area contributed by atoms with E-state index in [9.17, 15) is 9.18 Å². The molecule has 0 bridgehead atoms. The molecule has 22 heavy (non-hydrogen) atoms. The molecule has 2 aromatic rings. The summed E-state index contributed by atoms with van der Waals surface area (Å²) < 4.78 is 18.9. The lowest BCUT2D eigenvalue weighted by molar-refractivity contribution is 0.241. The fourth-order valence-electron chi connectivity index (χ4n) is 1.88. The van der Waals surface area contributed by atoms with Gasteiger partial charge in [0, 0.05) is 17.5 Å². The lowest BCUT2D eigenvalue weighted by Crippen LogP contribution is -2.30. The average molecular weight is 322 g/mol. The summed E-state index contributed by atoms with van der Waals surface area (Å²) in [5.74, 6) is 0.0230. The third-order valence-corrected chi connectivity index (χ3v) is 3.73. The summed E-state index contributed by atoms with van der Waals surface area (Å²) in [6, 6.07) is 7.68. The van der Waals surface area contributed by atoms with Crippen LogP contribution in [0.2, 0.25) is 0 Å². The molecular formula is C16H19FN2O2S. The molecule has 4 nitrogen and oxygen atoms in total. The molecule has 0 spiro atoms. The maximum atomic E-state index is 13.3. The van der Waals surface area contributed by atoms with Crippen LogP contribution in [0.1, 0.15) is 18.7 Å². The highest BCUT2D eigenvalue weighted by molar-refractivity contribution is 7.09. The van der Waals surface area contributed by atoms with Gasteiger partial charge in [-0.15, -0.1) is 11.3 Å². The number of amides is 2. The van der Waals surface area contributed by atoms with Crippen molar-refractivity contribution in [2.24, 2.45) is 0 Å². The molecule has 0 aliphatic carbocycles. The van der Waals surface area contributed by atoms with E-state index in [2.05, 4.69) is 10.6 Å². The maximum absolute atomic E-state index is 13.3. The topological polar surface area (TPSA) is 50.4 Å². The molecule has 0 atom stereocenters. The minimum atomic E-state index is -0.426. The predicted molar refractivity (Wildman–Crippen MR) is 87.2 cm³/mol. The number of ether oxygens (including phenoxy) is 1. The SMILES string of the molecule is CC(C)Oc1ccc(F)cc1NC(=O)NCCc1cccs1. The van der Waals surface area contributed by atoms with Gasteiger partial charge >= 0.3 is 6.03 Å². The first-order chi connectivity index (χ1) is 10.5. The highest BCUT2D eigenvalue weighted by atomic mass is 32.1. The molecule has 0 aliphatic rings. The van der Waals surface area contributed by atoms with Crippen LogP contribution < -0.4 is 15.4 Å². The van der Waals surface area contributed by atoms with Crippen molar-refractivity contribution in [1.29, 1.82) is 0 Å². The van der Waals surface area contributed by atoms with E-state index >= 15 is 0 Å². The monoisotopic (exact) mass is 322 g/mol. The van der Waals surface area contributed by atoms with Gasteiger partial charge in [0.25, 0.3) is 0 Å². The van der Waals surface area contributed by atoms with Crippen LogP contribution in [-0.4, -0.2) is 18.7 Å². The zero-order valence-electron chi connectivity index (χ0n) is 12.6. The van der Waals surface area contributed by atoms with Gasteiger partial charge in [-0.1, -0.05) is 6.07 Å². The van der Waals surface area contributed by atoms with Crippen LogP contribution >= 0.6 is 11.3 Å². The Morgan fingerprint density at radius 2 is 2.18 bits per heavy atom. The predicted octanol–water partition coefficient (Wildman–Crippen LogP) is 4.04. The zero-order chi connectivity index (χ0) is 15.9. The van der Waals surface area contributed by atoms with Crippen molar-refractivity contribution in [3.8, 4) is 5.75 Å². The smallest absolute Gasteiger partial charge is 0.319 e. The quantitative estimate of drug-likeness (QED) is 0.843. The fraction of sp³-hybridized carbons (Fsp3) is 0.312. The molecule has 0 saturated carbocycles. The van der Waals surface area contributed by atoms with Gasteiger partial charge in [0.1, 0.15) is 11.6 Å². The third kappa shape index (κ3) is 5.04. The lowest BCUT2D eigenvalue weighted by atomic mass is 10.2. The van der Waals surface area contributed by atoms with Crippen LogP contribution in [0.25, 0.3) is 0 Å². The van der Waals surface area contributed by atoms with Crippen LogP contribution in [0.5, 0.6) is 5.75 Å². The summed E-state index contributed by atoms with van der Waals surface area (Å²) in [7, 11) is 0. The molecule has 0 radical (unpaired) electrons. The van der Waals surface area contributed by atoms with E-state index in [-0.39, 0.29) is 12.1 Å². The first kappa shape index (κ1) is 16.3. The number of benzene rings is 1. The van der Waals surface area contributed by atoms with Crippen LogP contribution in [0.3, 0.4) is 0 Å². The van der Waals surface area contributed by atoms with Crippen molar-refractivity contribution in [3.63, 3.8) is 0 Å². The van der Waals surface area contributed by atoms with Crippen molar-refractivity contribution in [3.05, 3.63) is 46.4 Å². The number of carbonyl (C=O) groups is 1. The van der Waals surface area contributed by atoms with Gasteiger partial charge in [-0.2, -0.15) is 0 Å². The highest BCUT2D eigenvalue weighted by Crippen LogP contribution is 2.26. The Labute approximate surface area is 133 Å². The number of halogens is 1. The summed E-state index contributed by atoms with van der Waals surface area (Å²) in [6.45, 7) is 4.25. The van der Waals surface area contributed by atoms with E-state index in [1.54, 1.807) is 11.3 Å². The second kappa shape index (κ2) is 7.79. The molecule has 118 valence electrons. The Morgan fingerprint density at radius 3 is 2.86 bits per heavy atom. The first-order valence-corrected chi connectivity index (χ1v) is 7.96. The molecule has 1 aromatic carbocycles. The molecule has 2 amide bonds. The van der Waals surface area contributed by atoms with Gasteiger partial charge in [-0.3, -0.25) is 0 Å². The minimum absolute atomic E-state index is 0.0621. The van der Waals surface area contributed by atoms with E-state index in [4.69, 9.17) is 4.74 Å². The van der Waals surface area contributed by atoms with Gasteiger partial charge in [0.2, 0.25) is 0 Å². The summed E-state index contributed by atoms with van der Waals surface area (Å²) in [4.78, 5) is 13.1. The Bertz CT molecular complexity index is 615. The molecule has 2 N–H and O–H groups in total. The normalized spacial score (nSPS) is 10.5. The van der Waals surface area contributed by atoms with Crippen molar-refractivity contribution in [2.75, 3.05) is 11.9 Å². The number of hydrogen-bond acceptors (Lipinski definition) is 3. The molecule has 6 heteroatoms. The van der Waals surface area contributed by atoms with E-state index < -0.39 is 5.82 Å². The number of nitrogens with one attached hydrogen (secondary N) is 2. The van der Waals surface area contributed by atoms with Crippen LogP contribution in [0.15, 0.2) is 35.7 Å². The number of rotatable bonds is 6. The van der Waals surface area contributed by atoms with Crippen molar-refractivity contribution < 1.29 is 13.9 Å². The Morgan fingerprint density at radius 1 is 1.36 bits per heavy atom. The molecule has 1 heterocycles. The number of carbonyl (C=O) groups excluding carboxylic acids is 1. The zero-order valence-corrected chi connectivity index (χ0v) is 13.4. The van der Waals surface area contributed by atoms with E-state index in [1.165, 1.54) is 23.1 Å². The number of anilines is 1. The van der Waals surface area contributed by atoms with Gasteiger partial charge in [-0.25, -0.2) is 9.18 Å². The fourth-order valence-corrected chi connectivity index (χ4v) is 2.59. The summed E-state index contributed by atoms with van der Waals surface area (Å²) >= 11 is 1.65. The van der Waals surface area contributed by atoms with Crippen molar-refractivity contribution in [1.82, 2.24) is 5.32 Å². The highest BCUT2D eigenvalue weighted by Gasteiger charge is 2.10. The Balaban J connectivity index is 1.91. The molecule has 1 aromatic heterocycles. The van der Waals surface area contributed by atoms with Crippen LogP contribution in [0, 0.1) is 5.82 Å². The van der Waals surface area contributed by atoms with Gasteiger partial charge in [-0.05, 0) is 43.8 Å². The molecular weight excluding hydrogens is 303 g/mol. The summed E-state index contributed by atoms with van der Waals surface area (Å²) in [5.41, 5.74) is 0.322. The van der Waals surface area contributed by atoms with E-state index in [0.717, 1.165) is 6.42 Å². The Hall–Kier alpha value is -2.08. The summed E-state index contributed by atoms with van der Waals surface area (Å²) in [5, 5.41) is 7.37. The molecule has 0 aliphatic heterocycles. The van der Waals surface area contributed by atoms with Crippen molar-refractivity contribution >= 4 is 23.1 Å². The third-order valence-electron chi connectivity index (χ3n) is 2.79. The maximum Gasteiger partial charge on any atom is 0.319 e. The van der Waals surface area contributed by atoms with E-state index in [1.807, 2.05) is 31.4 Å². The number of urea groups is 1. The number of thiophene rings is 1.